The van der Waals surface area contributed by atoms with Crippen molar-refractivity contribution in [1.29, 1.82) is 5.26 Å². The molecule has 2 amide bonds. The monoisotopic (exact) mass is 234 g/mol. The van der Waals surface area contributed by atoms with Crippen LogP contribution in [-0.4, -0.2) is 22.3 Å². The Bertz CT molecular complexity index is 371. The molecule has 4 nitrogen and oxygen atoms in total. The van der Waals surface area contributed by atoms with E-state index in [1.165, 1.54) is 4.90 Å². The van der Waals surface area contributed by atoms with Gasteiger partial charge in [0.25, 0.3) is 0 Å². The second-order valence-corrected chi connectivity index (χ2v) is 5.01. The van der Waals surface area contributed by atoms with Crippen molar-refractivity contribution in [3.8, 4) is 6.07 Å². The Hall–Kier alpha value is -1.37. The van der Waals surface area contributed by atoms with Gasteiger partial charge in [0, 0.05) is 0 Å². The van der Waals surface area contributed by atoms with Crippen LogP contribution in [0.25, 0.3) is 0 Å². The number of carbonyl (C=O) groups excluding carboxylic acids is 2. The number of likely N-dealkylation sites (tertiary alicyclic amines) is 1. The summed E-state index contributed by atoms with van der Waals surface area (Å²) in [4.78, 5) is 25.8. The maximum Gasteiger partial charge on any atom is 0.234 e. The first-order valence-electron chi connectivity index (χ1n) is 6.40. The summed E-state index contributed by atoms with van der Waals surface area (Å²) >= 11 is 0. The first-order chi connectivity index (χ1) is 8.11. The van der Waals surface area contributed by atoms with Crippen molar-refractivity contribution >= 4 is 11.8 Å². The molecule has 2 fully saturated rings. The highest BCUT2D eigenvalue weighted by Crippen LogP contribution is 2.43. The Labute approximate surface area is 102 Å². The van der Waals surface area contributed by atoms with E-state index in [0.717, 1.165) is 19.3 Å². The highest BCUT2D eigenvalue weighted by Gasteiger charge is 2.55. The van der Waals surface area contributed by atoms with E-state index in [-0.39, 0.29) is 23.7 Å². The normalized spacial score (nSPS) is 28.4. The second kappa shape index (κ2) is 4.14. The molecule has 1 heterocycles. The summed E-state index contributed by atoms with van der Waals surface area (Å²) in [5.41, 5.74) is -0.918. The fourth-order valence-corrected chi connectivity index (χ4v) is 3.19. The molecular weight excluding hydrogens is 216 g/mol. The third kappa shape index (κ3) is 1.49. The first kappa shape index (κ1) is 12.1. The van der Waals surface area contributed by atoms with Crippen molar-refractivity contribution in [2.45, 2.75) is 51.5 Å². The van der Waals surface area contributed by atoms with E-state index in [1.54, 1.807) is 0 Å². The Morgan fingerprint density at radius 3 is 2.06 bits per heavy atom. The number of nitrogens with zero attached hydrogens (tertiary/aromatic N) is 2. The molecule has 2 aliphatic rings. The van der Waals surface area contributed by atoms with Crippen molar-refractivity contribution in [1.82, 2.24) is 4.90 Å². The topological polar surface area (TPSA) is 61.2 Å². The van der Waals surface area contributed by atoms with Crippen LogP contribution in [0.2, 0.25) is 0 Å². The van der Waals surface area contributed by atoms with Crippen LogP contribution in [0.4, 0.5) is 0 Å². The number of hydrogen-bond donors (Lipinski definition) is 0. The van der Waals surface area contributed by atoms with E-state index in [1.807, 2.05) is 13.8 Å². The Morgan fingerprint density at radius 2 is 1.71 bits per heavy atom. The van der Waals surface area contributed by atoms with Gasteiger partial charge < -0.3 is 0 Å². The van der Waals surface area contributed by atoms with Crippen LogP contribution in [0.3, 0.4) is 0 Å². The summed E-state index contributed by atoms with van der Waals surface area (Å²) in [7, 11) is 0. The van der Waals surface area contributed by atoms with Crippen LogP contribution in [0.15, 0.2) is 0 Å². The lowest BCUT2D eigenvalue weighted by atomic mass is 9.92. The summed E-state index contributed by atoms with van der Waals surface area (Å²) in [6.07, 6.45) is 3.59. The number of amides is 2. The van der Waals surface area contributed by atoms with Crippen LogP contribution >= 0.6 is 0 Å². The molecular formula is C13H18N2O2. The minimum absolute atomic E-state index is 0.109. The Morgan fingerprint density at radius 1 is 1.24 bits per heavy atom. The standard InChI is InChI=1S/C13H18N2O2/c1-3-13(4-2,8-14)15-11(16)9-6-5-7-10(9)12(15)17/h9-10H,3-7H2,1-2H3. The minimum atomic E-state index is -0.918. The first-order valence-corrected chi connectivity index (χ1v) is 6.40. The molecule has 2 unspecified atom stereocenters. The Balaban J connectivity index is 2.37. The summed E-state index contributed by atoms with van der Waals surface area (Å²) in [6, 6.07) is 2.19. The van der Waals surface area contributed by atoms with Crippen LogP contribution in [0.5, 0.6) is 0 Å². The number of carbonyl (C=O) groups is 2. The number of imide groups is 1. The average Bonchev–Trinajstić information content (AvgIpc) is 2.91. The molecule has 0 radical (unpaired) electrons. The van der Waals surface area contributed by atoms with Gasteiger partial charge in [0.15, 0.2) is 0 Å². The number of fused-ring (bicyclic) bond motifs is 1. The largest absolute Gasteiger partial charge is 0.274 e. The van der Waals surface area contributed by atoms with Crippen LogP contribution < -0.4 is 0 Å². The van der Waals surface area contributed by atoms with Crippen molar-refractivity contribution in [2.75, 3.05) is 0 Å². The Kier molecular flexibility index (Phi) is 2.94. The van der Waals surface area contributed by atoms with Crippen LogP contribution in [0.1, 0.15) is 46.0 Å². The fourth-order valence-electron chi connectivity index (χ4n) is 3.19. The molecule has 1 aliphatic heterocycles. The van der Waals surface area contributed by atoms with Crippen molar-refractivity contribution in [2.24, 2.45) is 11.8 Å². The molecule has 0 spiro atoms. The molecule has 1 aliphatic carbocycles. The SMILES string of the molecule is CCC(C#N)(CC)N1C(=O)C2CCCC2C1=O. The molecule has 4 heteroatoms. The number of nitriles is 1. The number of rotatable bonds is 3. The molecule has 2 atom stereocenters. The third-order valence-electron chi connectivity index (χ3n) is 4.40. The maximum absolute atomic E-state index is 12.3. The fraction of sp³-hybridized carbons (Fsp3) is 0.769. The second-order valence-electron chi connectivity index (χ2n) is 5.01. The smallest absolute Gasteiger partial charge is 0.234 e. The zero-order valence-electron chi connectivity index (χ0n) is 10.4. The molecule has 0 N–H and O–H groups in total. The predicted molar refractivity (Wildman–Crippen MR) is 61.6 cm³/mol. The van der Waals surface area contributed by atoms with Gasteiger partial charge in [-0.25, -0.2) is 0 Å². The zero-order chi connectivity index (χ0) is 12.6. The van der Waals surface area contributed by atoms with Crippen LogP contribution in [0, 0.1) is 23.2 Å². The maximum atomic E-state index is 12.3. The average molecular weight is 234 g/mol. The molecule has 0 aromatic carbocycles. The van der Waals surface area contributed by atoms with Crippen molar-refractivity contribution in [3.05, 3.63) is 0 Å². The molecule has 1 saturated heterocycles. The minimum Gasteiger partial charge on any atom is -0.274 e. The van der Waals surface area contributed by atoms with Gasteiger partial charge in [-0.3, -0.25) is 14.5 Å². The molecule has 0 bridgehead atoms. The molecule has 1 saturated carbocycles. The van der Waals surface area contributed by atoms with Gasteiger partial charge in [-0.15, -0.1) is 0 Å². The predicted octanol–water partition coefficient (Wildman–Crippen LogP) is 1.85. The van der Waals surface area contributed by atoms with Crippen molar-refractivity contribution < 1.29 is 9.59 Å². The molecule has 0 aromatic rings. The van der Waals surface area contributed by atoms with Gasteiger partial charge in [-0.05, 0) is 25.7 Å². The van der Waals surface area contributed by atoms with Gasteiger partial charge in [0.2, 0.25) is 11.8 Å². The molecule has 0 aromatic heterocycles. The molecule has 92 valence electrons. The van der Waals surface area contributed by atoms with Gasteiger partial charge in [0.05, 0.1) is 17.9 Å². The van der Waals surface area contributed by atoms with E-state index < -0.39 is 5.54 Å². The summed E-state index contributed by atoms with van der Waals surface area (Å²) in [5.74, 6) is -0.507. The lowest BCUT2D eigenvalue weighted by Gasteiger charge is -2.33. The van der Waals surface area contributed by atoms with Gasteiger partial charge in [0.1, 0.15) is 5.54 Å². The highest BCUT2D eigenvalue weighted by atomic mass is 16.2. The van der Waals surface area contributed by atoms with E-state index in [9.17, 15) is 14.9 Å². The lowest BCUT2D eigenvalue weighted by molar-refractivity contribution is -0.145. The van der Waals surface area contributed by atoms with Gasteiger partial charge in [-0.2, -0.15) is 5.26 Å². The summed E-state index contributed by atoms with van der Waals surface area (Å²) in [5, 5.41) is 9.34. The third-order valence-corrected chi connectivity index (χ3v) is 4.40. The number of hydrogen-bond acceptors (Lipinski definition) is 3. The van der Waals surface area contributed by atoms with E-state index in [2.05, 4.69) is 6.07 Å². The van der Waals surface area contributed by atoms with E-state index in [4.69, 9.17) is 0 Å². The highest BCUT2D eigenvalue weighted by molar-refractivity contribution is 6.06. The quantitative estimate of drug-likeness (QED) is 0.700. The lowest BCUT2D eigenvalue weighted by Crippen LogP contribution is -2.51. The van der Waals surface area contributed by atoms with Crippen LogP contribution in [-0.2, 0) is 9.59 Å². The van der Waals surface area contributed by atoms with E-state index in [0.29, 0.717) is 12.8 Å². The van der Waals surface area contributed by atoms with E-state index >= 15 is 0 Å². The summed E-state index contributed by atoms with van der Waals surface area (Å²) in [6.45, 7) is 3.72. The zero-order valence-corrected chi connectivity index (χ0v) is 10.4. The molecule has 2 rings (SSSR count). The van der Waals surface area contributed by atoms with Crippen molar-refractivity contribution in [3.63, 3.8) is 0 Å². The van der Waals surface area contributed by atoms with Gasteiger partial charge in [-0.1, -0.05) is 20.3 Å². The van der Waals surface area contributed by atoms with Gasteiger partial charge >= 0.3 is 0 Å². The summed E-state index contributed by atoms with van der Waals surface area (Å²) < 4.78 is 0. The molecule has 17 heavy (non-hydrogen) atoms.